The lowest BCUT2D eigenvalue weighted by molar-refractivity contribution is 0.124. The molecule has 2 N–H and O–H groups in total. The number of nitrogens with zero attached hydrogens (tertiary/aromatic N) is 2. The molecule has 0 saturated carbocycles. The highest BCUT2D eigenvalue weighted by Crippen LogP contribution is 2.30. The molecule has 0 amide bonds. The second-order valence-corrected chi connectivity index (χ2v) is 5.73. The summed E-state index contributed by atoms with van der Waals surface area (Å²) in [5.74, 6) is 0. The number of nitrogens with two attached hydrogens (primary N) is 1. The smallest absolute Gasteiger partial charge is 0.0502 e. The average molecular weight is 261 g/mol. The number of likely N-dealkylation sites (tertiary alicyclic amines) is 1. The number of hydrogen-bond acceptors (Lipinski definition) is 3. The van der Waals surface area contributed by atoms with Gasteiger partial charge in [-0.1, -0.05) is 19.8 Å². The fraction of sp³-hybridized carbons (Fsp3) is 0.688. The first kappa shape index (κ1) is 14.5. The molecule has 3 nitrogen and oxygen atoms in total. The van der Waals surface area contributed by atoms with Gasteiger partial charge in [-0.15, -0.1) is 0 Å². The van der Waals surface area contributed by atoms with Crippen LogP contribution in [-0.4, -0.2) is 28.5 Å². The molecule has 0 radical (unpaired) electrons. The van der Waals surface area contributed by atoms with Gasteiger partial charge < -0.3 is 5.73 Å². The summed E-state index contributed by atoms with van der Waals surface area (Å²) in [5, 5.41) is 0. The SMILES string of the molecule is CCC(N)C(c1ccncc1)N1CCCCCC1C. The first-order chi connectivity index (χ1) is 9.24. The van der Waals surface area contributed by atoms with E-state index in [1.54, 1.807) is 0 Å². The van der Waals surface area contributed by atoms with Crippen LogP contribution >= 0.6 is 0 Å². The first-order valence-corrected chi connectivity index (χ1v) is 7.65. The monoisotopic (exact) mass is 261 g/mol. The van der Waals surface area contributed by atoms with Crippen molar-refractivity contribution < 1.29 is 0 Å². The number of aromatic nitrogens is 1. The quantitative estimate of drug-likeness (QED) is 0.905. The second-order valence-electron chi connectivity index (χ2n) is 5.73. The minimum atomic E-state index is 0.197. The Labute approximate surface area is 117 Å². The second kappa shape index (κ2) is 7.01. The summed E-state index contributed by atoms with van der Waals surface area (Å²) in [6.07, 6.45) is 10.1. The molecule has 3 heteroatoms. The zero-order valence-corrected chi connectivity index (χ0v) is 12.3. The molecule has 0 aromatic carbocycles. The largest absolute Gasteiger partial charge is 0.326 e. The Balaban J connectivity index is 2.26. The van der Waals surface area contributed by atoms with Gasteiger partial charge in [-0.3, -0.25) is 9.88 Å². The van der Waals surface area contributed by atoms with E-state index in [1.165, 1.54) is 37.8 Å². The van der Waals surface area contributed by atoms with Gasteiger partial charge in [0.1, 0.15) is 0 Å². The van der Waals surface area contributed by atoms with Gasteiger partial charge in [0.05, 0.1) is 6.04 Å². The lowest BCUT2D eigenvalue weighted by Gasteiger charge is -2.38. The van der Waals surface area contributed by atoms with Crippen molar-refractivity contribution in [3.05, 3.63) is 30.1 Å². The van der Waals surface area contributed by atoms with E-state index in [0.29, 0.717) is 12.1 Å². The predicted octanol–water partition coefficient (Wildman–Crippen LogP) is 3.12. The van der Waals surface area contributed by atoms with Gasteiger partial charge in [-0.25, -0.2) is 0 Å². The van der Waals surface area contributed by atoms with Crippen molar-refractivity contribution in [1.29, 1.82) is 0 Å². The van der Waals surface area contributed by atoms with Crippen LogP contribution in [0.2, 0.25) is 0 Å². The van der Waals surface area contributed by atoms with Gasteiger partial charge in [0.15, 0.2) is 0 Å². The lowest BCUT2D eigenvalue weighted by Crippen LogP contribution is -2.45. The van der Waals surface area contributed by atoms with Crippen molar-refractivity contribution in [2.45, 2.75) is 64.1 Å². The van der Waals surface area contributed by atoms with Crippen LogP contribution in [0.15, 0.2) is 24.5 Å². The maximum absolute atomic E-state index is 6.43. The van der Waals surface area contributed by atoms with Gasteiger partial charge in [-0.05, 0) is 50.4 Å². The molecule has 1 fully saturated rings. The molecular weight excluding hydrogens is 234 g/mol. The molecule has 2 rings (SSSR count). The topological polar surface area (TPSA) is 42.1 Å². The Bertz CT molecular complexity index is 366. The highest BCUT2D eigenvalue weighted by atomic mass is 15.2. The molecule has 1 saturated heterocycles. The molecule has 2 heterocycles. The highest BCUT2D eigenvalue weighted by molar-refractivity contribution is 5.18. The molecule has 0 spiro atoms. The van der Waals surface area contributed by atoms with E-state index >= 15 is 0 Å². The number of pyridine rings is 1. The van der Waals surface area contributed by atoms with Crippen LogP contribution in [0.5, 0.6) is 0 Å². The molecule has 1 aliphatic rings. The Morgan fingerprint density at radius 3 is 2.74 bits per heavy atom. The zero-order valence-electron chi connectivity index (χ0n) is 12.3. The number of rotatable bonds is 4. The van der Waals surface area contributed by atoms with Crippen LogP contribution in [0.4, 0.5) is 0 Å². The zero-order chi connectivity index (χ0) is 13.7. The predicted molar refractivity (Wildman–Crippen MR) is 79.9 cm³/mol. The molecule has 3 atom stereocenters. The Morgan fingerprint density at radius 2 is 2.05 bits per heavy atom. The fourth-order valence-electron chi connectivity index (χ4n) is 3.18. The van der Waals surface area contributed by atoms with Gasteiger partial charge >= 0.3 is 0 Å². The van der Waals surface area contributed by atoms with E-state index < -0.39 is 0 Å². The Morgan fingerprint density at radius 1 is 1.32 bits per heavy atom. The van der Waals surface area contributed by atoms with Gasteiger partial charge in [-0.2, -0.15) is 0 Å². The lowest BCUT2D eigenvalue weighted by atomic mass is 9.95. The van der Waals surface area contributed by atoms with Crippen LogP contribution in [0.1, 0.15) is 57.6 Å². The molecule has 3 unspecified atom stereocenters. The first-order valence-electron chi connectivity index (χ1n) is 7.65. The van der Waals surface area contributed by atoms with Crippen molar-refractivity contribution in [3.8, 4) is 0 Å². The molecule has 106 valence electrons. The van der Waals surface area contributed by atoms with Crippen LogP contribution in [0.3, 0.4) is 0 Å². The fourth-order valence-corrected chi connectivity index (χ4v) is 3.18. The normalized spacial score (nSPS) is 24.7. The number of hydrogen-bond donors (Lipinski definition) is 1. The Kier molecular flexibility index (Phi) is 5.34. The molecule has 0 bridgehead atoms. The van der Waals surface area contributed by atoms with Crippen LogP contribution in [0.25, 0.3) is 0 Å². The van der Waals surface area contributed by atoms with Gasteiger partial charge in [0.25, 0.3) is 0 Å². The maximum Gasteiger partial charge on any atom is 0.0502 e. The van der Waals surface area contributed by atoms with E-state index in [0.717, 1.165) is 6.42 Å². The summed E-state index contributed by atoms with van der Waals surface area (Å²) in [4.78, 5) is 6.76. The molecule has 19 heavy (non-hydrogen) atoms. The third kappa shape index (κ3) is 3.54. The van der Waals surface area contributed by atoms with E-state index in [-0.39, 0.29) is 6.04 Å². The van der Waals surface area contributed by atoms with Gasteiger partial charge in [0, 0.05) is 24.5 Å². The summed E-state index contributed by atoms with van der Waals surface area (Å²) >= 11 is 0. The average Bonchev–Trinajstić information content (AvgIpc) is 2.66. The molecular formula is C16H27N3. The highest BCUT2D eigenvalue weighted by Gasteiger charge is 2.29. The van der Waals surface area contributed by atoms with Crippen molar-refractivity contribution >= 4 is 0 Å². The molecule has 1 aromatic heterocycles. The van der Waals surface area contributed by atoms with E-state index in [2.05, 4.69) is 35.9 Å². The van der Waals surface area contributed by atoms with Crippen LogP contribution in [-0.2, 0) is 0 Å². The summed E-state index contributed by atoms with van der Waals surface area (Å²) in [6, 6.07) is 5.40. The maximum atomic E-state index is 6.43. The van der Waals surface area contributed by atoms with Crippen molar-refractivity contribution in [2.75, 3.05) is 6.54 Å². The van der Waals surface area contributed by atoms with Crippen LogP contribution < -0.4 is 5.73 Å². The van der Waals surface area contributed by atoms with E-state index in [4.69, 9.17) is 5.73 Å². The van der Waals surface area contributed by atoms with E-state index in [9.17, 15) is 0 Å². The summed E-state index contributed by atoms with van der Waals surface area (Å²) < 4.78 is 0. The summed E-state index contributed by atoms with van der Waals surface area (Å²) in [7, 11) is 0. The third-order valence-corrected chi connectivity index (χ3v) is 4.39. The van der Waals surface area contributed by atoms with Crippen molar-refractivity contribution in [1.82, 2.24) is 9.88 Å². The summed E-state index contributed by atoms with van der Waals surface area (Å²) in [5.41, 5.74) is 7.75. The van der Waals surface area contributed by atoms with Crippen molar-refractivity contribution in [3.63, 3.8) is 0 Å². The standard InChI is InChI=1S/C16H27N3/c1-3-15(17)16(14-8-10-18-11-9-14)19-12-6-4-5-7-13(19)2/h8-11,13,15-16H,3-7,12,17H2,1-2H3. The molecule has 1 aliphatic heterocycles. The Hall–Kier alpha value is -0.930. The van der Waals surface area contributed by atoms with Crippen LogP contribution in [0, 0.1) is 0 Å². The summed E-state index contributed by atoms with van der Waals surface area (Å²) in [6.45, 7) is 5.70. The van der Waals surface area contributed by atoms with E-state index in [1.807, 2.05) is 12.4 Å². The van der Waals surface area contributed by atoms with Gasteiger partial charge in [0.2, 0.25) is 0 Å². The minimum Gasteiger partial charge on any atom is -0.326 e. The minimum absolute atomic E-state index is 0.197. The molecule has 0 aliphatic carbocycles. The van der Waals surface area contributed by atoms with Crippen molar-refractivity contribution in [2.24, 2.45) is 5.73 Å². The third-order valence-electron chi connectivity index (χ3n) is 4.39. The molecule has 1 aromatic rings.